The molecule has 0 aliphatic carbocycles. The molecule has 11 heteroatoms. The smallest absolute Gasteiger partial charge is 0.334 e. The van der Waals surface area contributed by atoms with E-state index < -0.39 is 27.6 Å². The highest BCUT2D eigenvalue weighted by Gasteiger charge is 2.38. The van der Waals surface area contributed by atoms with Crippen LogP contribution in [-0.4, -0.2) is 47.8 Å². The second-order valence-corrected chi connectivity index (χ2v) is 22.4. The maximum atomic E-state index is 13.4. The molecule has 1 unspecified atom stereocenters. The van der Waals surface area contributed by atoms with Crippen LogP contribution < -0.4 is 11.2 Å². The number of hydrogen-bond acceptors (Lipinski definition) is 5. The largest absolute Gasteiger partial charge is 0.412 e. The zero-order valence-electron chi connectivity index (χ0n) is 21.2. The fourth-order valence-electron chi connectivity index (χ4n) is 3.12. The van der Waals surface area contributed by atoms with Crippen molar-refractivity contribution in [3.05, 3.63) is 25.6 Å². The Morgan fingerprint density at radius 3 is 2.22 bits per heavy atom. The van der Waals surface area contributed by atoms with Gasteiger partial charge in [0.1, 0.15) is 6.73 Å². The molecule has 2 aromatic heterocycles. The van der Waals surface area contributed by atoms with E-state index in [0.717, 1.165) is 6.04 Å². The van der Waals surface area contributed by atoms with Gasteiger partial charge >= 0.3 is 5.69 Å². The van der Waals surface area contributed by atoms with Gasteiger partial charge in [0, 0.05) is 21.7 Å². The minimum atomic E-state index is -2.02. The molecule has 2 aromatic rings. The first-order chi connectivity index (χ1) is 14.5. The van der Waals surface area contributed by atoms with Crippen LogP contribution in [0.5, 0.6) is 0 Å². The number of aryl methyl sites for hydroxylation is 1. The first-order valence-electron chi connectivity index (χ1n) is 11.1. The predicted octanol–water partition coefficient (Wildman–Crippen LogP) is 4.38. The van der Waals surface area contributed by atoms with Crippen LogP contribution in [0.4, 0.5) is 0 Å². The fourth-order valence-corrected chi connectivity index (χ4v) is 5.66. The van der Waals surface area contributed by atoms with E-state index >= 15 is 0 Å². The molecule has 2 rings (SSSR count). The lowest BCUT2D eigenvalue weighted by Crippen LogP contribution is -2.46. The Bertz CT molecular complexity index is 1080. The monoisotopic (exact) mass is 546 g/mol. The zero-order chi connectivity index (χ0) is 24.6. The van der Waals surface area contributed by atoms with Gasteiger partial charge in [-0.1, -0.05) is 40.4 Å². The quantitative estimate of drug-likeness (QED) is 0.265. The fraction of sp³-hybridized carbons (Fsp3) is 0.762. The van der Waals surface area contributed by atoms with Crippen LogP contribution in [0.2, 0.25) is 43.8 Å². The third-order valence-electron chi connectivity index (χ3n) is 6.15. The van der Waals surface area contributed by atoms with E-state index in [1.54, 1.807) is 16.2 Å². The van der Waals surface area contributed by atoms with Crippen molar-refractivity contribution < 1.29 is 9.16 Å². The molecule has 2 heterocycles. The molecule has 0 saturated carbocycles. The summed E-state index contributed by atoms with van der Waals surface area (Å²) in [5.74, 6) is 0. The molecule has 32 heavy (non-hydrogen) atoms. The number of aromatic nitrogens is 4. The SMILES string of the molecule is CC(Cn1c(=O)n(COCC[Si](C)(C)C)c(=O)c2c1nc(Br)n2C)O[Si](C)(C)C(C)(C)C. The summed E-state index contributed by atoms with van der Waals surface area (Å²) in [6, 6.07) is 0.965. The minimum Gasteiger partial charge on any atom is -0.412 e. The number of hydrogen-bond donors (Lipinski definition) is 0. The Labute approximate surface area is 201 Å². The Morgan fingerprint density at radius 2 is 1.69 bits per heavy atom. The minimum absolute atomic E-state index is 0.0541. The van der Waals surface area contributed by atoms with E-state index in [-0.39, 0.29) is 17.9 Å². The molecule has 0 bridgehead atoms. The average molecular weight is 548 g/mol. The maximum Gasteiger partial charge on any atom is 0.334 e. The molecule has 0 radical (unpaired) electrons. The molecule has 0 fully saturated rings. The first kappa shape index (κ1) is 27.2. The van der Waals surface area contributed by atoms with Crippen molar-refractivity contribution in [1.29, 1.82) is 0 Å². The Balaban J connectivity index is 2.45. The molecule has 8 nitrogen and oxygen atoms in total. The molecule has 0 saturated heterocycles. The molecular formula is C21H39BrN4O4Si2. The number of rotatable bonds is 9. The van der Waals surface area contributed by atoms with Crippen molar-refractivity contribution in [1.82, 2.24) is 18.7 Å². The van der Waals surface area contributed by atoms with Crippen molar-refractivity contribution in [3.8, 4) is 0 Å². The highest BCUT2D eigenvalue weighted by molar-refractivity contribution is 9.10. The summed E-state index contributed by atoms with van der Waals surface area (Å²) in [6.45, 7) is 20.4. The van der Waals surface area contributed by atoms with Crippen molar-refractivity contribution in [3.63, 3.8) is 0 Å². The van der Waals surface area contributed by atoms with Gasteiger partial charge < -0.3 is 13.7 Å². The standard InChI is InChI=1S/C21H39BrN4O4Si2/c1-15(30-32(9,10)21(2,3)4)13-25-17-16(24(5)19(22)23-17)18(27)26(20(25)28)14-29-11-12-31(6,7)8/h15H,11-14H2,1-10H3. The molecule has 0 aliphatic rings. The molecular weight excluding hydrogens is 508 g/mol. The van der Waals surface area contributed by atoms with Gasteiger partial charge in [0.05, 0.1) is 12.6 Å². The van der Waals surface area contributed by atoms with E-state index in [2.05, 4.69) is 74.4 Å². The normalized spacial score (nSPS) is 14.3. The number of ether oxygens (including phenoxy) is 1. The van der Waals surface area contributed by atoms with E-state index in [4.69, 9.17) is 9.16 Å². The van der Waals surface area contributed by atoms with Gasteiger partial charge in [-0.15, -0.1) is 0 Å². The molecule has 0 aliphatic heterocycles. The molecule has 0 N–H and O–H groups in total. The van der Waals surface area contributed by atoms with Gasteiger partial charge in [0.15, 0.2) is 24.2 Å². The van der Waals surface area contributed by atoms with Crippen molar-refractivity contribution in [2.24, 2.45) is 7.05 Å². The number of halogens is 1. The van der Waals surface area contributed by atoms with Crippen LogP contribution in [0.15, 0.2) is 14.3 Å². The molecule has 0 spiro atoms. The Hall–Kier alpha value is -1.02. The second kappa shape index (κ2) is 9.69. The van der Waals surface area contributed by atoms with Crippen molar-refractivity contribution in [2.75, 3.05) is 6.61 Å². The molecule has 182 valence electrons. The van der Waals surface area contributed by atoms with Gasteiger partial charge in [-0.25, -0.2) is 14.3 Å². The van der Waals surface area contributed by atoms with Gasteiger partial charge in [0.25, 0.3) is 5.56 Å². The summed E-state index contributed by atoms with van der Waals surface area (Å²) in [7, 11) is -1.54. The highest BCUT2D eigenvalue weighted by Crippen LogP contribution is 2.37. The van der Waals surface area contributed by atoms with Crippen LogP contribution in [-0.2, 0) is 29.5 Å². The molecule has 0 aromatic carbocycles. The van der Waals surface area contributed by atoms with Crippen LogP contribution in [0.3, 0.4) is 0 Å². The van der Waals surface area contributed by atoms with E-state index in [1.807, 2.05) is 6.92 Å². The van der Waals surface area contributed by atoms with Crippen molar-refractivity contribution >= 4 is 43.5 Å². The van der Waals surface area contributed by atoms with Gasteiger partial charge in [0.2, 0.25) is 0 Å². The van der Waals surface area contributed by atoms with Crippen LogP contribution >= 0.6 is 15.9 Å². The molecule has 1 atom stereocenters. The number of nitrogens with zero attached hydrogens (tertiary/aromatic N) is 4. The summed E-state index contributed by atoms with van der Waals surface area (Å²) < 4.78 is 17.1. The molecule has 0 amide bonds. The van der Waals surface area contributed by atoms with Gasteiger partial charge in [-0.05, 0) is 47.0 Å². The van der Waals surface area contributed by atoms with Gasteiger partial charge in [-0.2, -0.15) is 0 Å². The topological polar surface area (TPSA) is 80.3 Å². The summed E-state index contributed by atoms with van der Waals surface area (Å²) in [6.07, 6.45) is -0.212. The van der Waals surface area contributed by atoms with Gasteiger partial charge in [-0.3, -0.25) is 9.36 Å². The number of imidazole rings is 1. The van der Waals surface area contributed by atoms with Crippen LogP contribution in [0.1, 0.15) is 27.7 Å². The van der Waals surface area contributed by atoms with Crippen molar-refractivity contribution in [2.45, 2.75) is 90.9 Å². The van der Waals surface area contributed by atoms with E-state index in [0.29, 0.717) is 29.0 Å². The van der Waals surface area contributed by atoms with Crippen LogP contribution in [0.25, 0.3) is 11.2 Å². The summed E-state index contributed by atoms with van der Waals surface area (Å²) in [5, 5.41) is 0.0541. The summed E-state index contributed by atoms with van der Waals surface area (Å²) in [4.78, 5) is 31.0. The van der Waals surface area contributed by atoms with E-state index in [1.165, 1.54) is 4.57 Å². The van der Waals surface area contributed by atoms with E-state index in [9.17, 15) is 9.59 Å². The predicted molar refractivity (Wildman–Crippen MR) is 139 cm³/mol. The lowest BCUT2D eigenvalue weighted by atomic mass is 10.2. The second-order valence-electron chi connectivity index (χ2n) is 11.3. The maximum absolute atomic E-state index is 13.4. The third kappa shape index (κ3) is 6.10. The summed E-state index contributed by atoms with van der Waals surface area (Å²) >= 11 is 3.39. The highest BCUT2D eigenvalue weighted by atomic mass is 79.9. The lowest BCUT2D eigenvalue weighted by molar-refractivity contribution is 0.0800. The third-order valence-corrected chi connectivity index (χ3v) is 13.2. The Morgan fingerprint density at radius 1 is 1.09 bits per heavy atom. The van der Waals surface area contributed by atoms with Crippen LogP contribution in [0, 0.1) is 0 Å². The first-order valence-corrected chi connectivity index (χ1v) is 18.5. The summed E-state index contributed by atoms with van der Waals surface area (Å²) in [5.41, 5.74) is -0.0945. The zero-order valence-corrected chi connectivity index (χ0v) is 24.8. The lowest BCUT2D eigenvalue weighted by Gasteiger charge is -2.38. The number of fused-ring (bicyclic) bond motifs is 1. The average Bonchev–Trinajstić information content (AvgIpc) is 2.90. The Kier molecular flexibility index (Phi) is 8.25.